The summed E-state index contributed by atoms with van der Waals surface area (Å²) < 4.78 is 27.7. The summed E-state index contributed by atoms with van der Waals surface area (Å²) in [6.45, 7) is 7.51. The molecule has 1 aliphatic rings. The van der Waals surface area contributed by atoms with Gasteiger partial charge in [0.2, 0.25) is 0 Å². The lowest BCUT2D eigenvalue weighted by Gasteiger charge is -2.35. The SMILES string of the molecule is CC(C)NS(=O)(=O)N1CCN(C(C)C#N)CC1. The molecule has 1 N–H and O–H groups in total. The number of hydrogen-bond donors (Lipinski definition) is 1. The first kappa shape index (κ1) is 14.4. The highest BCUT2D eigenvalue weighted by molar-refractivity contribution is 7.87. The maximum absolute atomic E-state index is 11.9. The third-order valence-electron chi connectivity index (χ3n) is 2.73. The summed E-state index contributed by atoms with van der Waals surface area (Å²) in [5, 5.41) is 8.80. The second-order valence-corrected chi connectivity index (χ2v) is 6.22. The minimum atomic E-state index is -3.36. The van der Waals surface area contributed by atoms with Crippen molar-refractivity contribution < 1.29 is 8.42 Å². The fraction of sp³-hybridized carbons (Fsp3) is 0.900. The van der Waals surface area contributed by atoms with E-state index in [1.807, 2.05) is 11.8 Å². The van der Waals surface area contributed by atoms with Crippen molar-refractivity contribution in [3.8, 4) is 6.07 Å². The number of nitriles is 1. The van der Waals surface area contributed by atoms with Crippen LogP contribution in [0.5, 0.6) is 0 Å². The van der Waals surface area contributed by atoms with Gasteiger partial charge in [0.05, 0.1) is 12.1 Å². The van der Waals surface area contributed by atoms with Crippen LogP contribution in [-0.4, -0.2) is 55.9 Å². The molecule has 0 radical (unpaired) electrons. The van der Waals surface area contributed by atoms with Gasteiger partial charge in [-0.25, -0.2) is 0 Å². The van der Waals surface area contributed by atoms with Crippen LogP contribution in [-0.2, 0) is 10.2 Å². The second kappa shape index (κ2) is 5.78. The van der Waals surface area contributed by atoms with Crippen LogP contribution in [0, 0.1) is 11.3 Å². The standard InChI is InChI=1S/C10H20N4O2S/c1-9(2)12-17(15,16)14-6-4-13(5-7-14)10(3)8-11/h9-10,12H,4-7H2,1-3H3. The van der Waals surface area contributed by atoms with Gasteiger partial charge in [0.1, 0.15) is 0 Å². The minimum Gasteiger partial charge on any atom is -0.286 e. The Morgan fingerprint density at radius 3 is 2.12 bits per heavy atom. The van der Waals surface area contributed by atoms with Gasteiger partial charge in [0.15, 0.2) is 0 Å². The minimum absolute atomic E-state index is 0.101. The zero-order valence-electron chi connectivity index (χ0n) is 10.5. The molecule has 1 fully saturated rings. The molecule has 1 atom stereocenters. The van der Waals surface area contributed by atoms with Gasteiger partial charge in [-0.3, -0.25) is 4.90 Å². The highest BCUT2D eigenvalue weighted by Crippen LogP contribution is 2.09. The van der Waals surface area contributed by atoms with Gasteiger partial charge >= 0.3 is 0 Å². The van der Waals surface area contributed by atoms with Crippen molar-refractivity contribution in [1.29, 1.82) is 5.26 Å². The molecule has 0 aromatic heterocycles. The Labute approximate surface area is 103 Å². The molecule has 0 saturated carbocycles. The zero-order chi connectivity index (χ0) is 13.1. The predicted molar refractivity (Wildman–Crippen MR) is 65.4 cm³/mol. The third-order valence-corrected chi connectivity index (χ3v) is 4.55. The zero-order valence-corrected chi connectivity index (χ0v) is 11.4. The summed E-state index contributed by atoms with van der Waals surface area (Å²) in [6, 6.07) is 1.91. The number of piperazine rings is 1. The summed E-state index contributed by atoms with van der Waals surface area (Å²) in [6.07, 6.45) is 0. The van der Waals surface area contributed by atoms with Crippen molar-refractivity contribution in [2.45, 2.75) is 32.9 Å². The van der Waals surface area contributed by atoms with E-state index in [1.165, 1.54) is 4.31 Å². The number of nitrogens with one attached hydrogen (secondary N) is 1. The van der Waals surface area contributed by atoms with Gasteiger partial charge in [-0.2, -0.15) is 22.7 Å². The Bertz CT molecular complexity index is 380. The molecular formula is C10H20N4O2S. The van der Waals surface area contributed by atoms with Crippen LogP contribution in [0.15, 0.2) is 0 Å². The van der Waals surface area contributed by atoms with Crippen LogP contribution < -0.4 is 4.72 Å². The van der Waals surface area contributed by atoms with E-state index in [1.54, 1.807) is 13.8 Å². The van der Waals surface area contributed by atoms with Gasteiger partial charge in [0, 0.05) is 32.2 Å². The molecule has 1 saturated heterocycles. The molecule has 17 heavy (non-hydrogen) atoms. The van der Waals surface area contributed by atoms with E-state index in [0.29, 0.717) is 26.2 Å². The highest BCUT2D eigenvalue weighted by atomic mass is 32.2. The fourth-order valence-corrected chi connectivity index (χ4v) is 3.17. The topological polar surface area (TPSA) is 76.4 Å². The smallest absolute Gasteiger partial charge is 0.279 e. The Morgan fingerprint density at radius 2 is 1.71 bits per heavy atom. The van der Waals surface area contributed by atoms with Crippen molar-refractivity contribution in [2.75, 3.05) is 26.2 Å². The van der Waals surface area contributed by atoms with Gasteiger partial charge in [0.25, 0.3) is 10.2 Å². The summed E-state index contributed by atoms with van der Waals surface area (Å²) in [4.78, 5) is 1.99. The lowest BCUT2D eigenvalue weighted by Crippen LogP contribution is -2.54. The number of hydrogen-bond acceptors (Lipinski definition) is 4. The molecule has 1 aliphatic heterocycles. The van der Waals surface area contributed by atoms with Crippen molar-refractivity contribution in [3.63, 3.8) is 0 Å². The molecule has 1 heterocycles. The number of rotatable bonds is 4. The van der Waals surface area contributed by atoms with E-state index >= 15 is 0 Å². The first-order valence-electron chi connectivity index (χ1n) is 5.78. The molecule has 0 aromatic carbocycles. The van der Waals surface area contributed by atoms with Crippen LogP contribution in [0.4, 0.5) is 0 Å². The first-order valence-corrected chi connectivity index (χ1v) is 7.22. The van der Waals surface area contributed by atoms with Crippen molar-refractivity contribution >= 4 is 10.2 Å². The average Bonchev–Trinajstić information content (AvgIpc) is 2.26. The van der Waals surface area contributed by atoms with Crippen molar-refractivity contribution in [3.05, 3.63) is 0 Å². The molecule has 7 heteroatoms. The molecule has 6 nitrogen and oxygen atoms in total. The largest absolute Gasteiger partial charge is 0.286 e. The summed E-state index contributed by atoms with van der Waals surface area (Å²) in [5.74, 6) is 0. The van der Waals surface area contributed by atoms with Crippen molar-refractivity contribution in [1.82, 2.24) is 13.9 Å². The quantitative estimate of drug-likeness (QED) is 0.757. The molecule has 0 bridgehead atoms. The van der Waals surface area contributed by atoms with Crippen LogP contribution in [0.1, 0.15) is 20.8 Å². The summed E-state index contributed by atoms with van der Waals surface area (Å²) in [5.41, 5.74) is 0. The summed E-state index contributed by atoms with van der Waals surface area (Å²) >= 11 is 0. The number of nitrogens with zero attached hydrogens (tertiary/aromatic N) is 3. The Hall–Kier alpha value is -0.680. The molecule has 1 rings (SSSR count). The molecule has 0 aliphatic carbocycles. The van der Waals surface area contributed by atoms with E-state index in [0.717, 1.165) is 0 Å². The second-order valence-electron chi connectivity index (χ2n) is 4.52. The fourth-order valence-electron chi connectivity index (χ4n) is 1.79. The van der Waals surface area contributed by atoms with E-state index in [-0.39, 0.29) is 12.1 Å². The van der Waals surface area contributed by atoms with Crippen molar-refractivity contribution in [2.24, 2.45) is 0 Å². The van der Waals surface area contributed by atoms with E-state index in [2.05, 4.69) is 10.8 Å². The molecule has 0 spiro atoms. The van der Waals surface area contributed by atoms with E-state index in [4.69, 9.17) is 5.26 Å². The monoisotopic (exact) mass is 260 g/mol. The lowest BCUT2D eigenvalue weighted by molar-refractivity contribution is 0.168. The van der Waals surface area contributed by atoms with E-state index < -0.39 is 10.2 Å². The Balaban J connectivity index is 2.55. The van der Waals surface area contributed by atoms with Crippen LogP contribution in [0.2, 0.25) is 0 Å². The normalized spacial score (nSPS) is 21.4. The van der Waals surface area contributed by atoms with Gasteiger partial charge in [-0.15, -0.1) is 0 Å². The molecule has 0 amide bonds. The molecular weight excluding hydrogens is 240 g/mol. The Kier molecular flexibility index (Phi) is 4.89. The Morgan fingerprint density at radius 1 is 1.18 bits per heavy atom. The third kappa shape index (κ3) is 3.92. The lowest BCUT2D eigenvalue weighted by atomic mass is 10.2. The van der Waals surface area contributed by atoms with Crippen LogP contribution in [0.25, 0.3) is 0 Å². The predicted octanol–water partition coefficient (Wildman–Crippen LogP) is -0.241. The van der Waals surface area contributed by atoms with Gasteiger partial charge in [-0.05, 0) is 20.8 Å². The van der Waals surface area contributed by atoms with Crippen LogP contribution in [0.3, 0.4) is 0 Å². The van der Waals surface area contributed by atoms with Gasteiger partial charge in [-0.1, -0.05) is 0 Å². The van der Waals surface area contributed by atoms with E-state index in [9.17, 15) is 8.42 Å². The molecule has 1 unspecified atom stereocenters. The highest BCUT2D eigenvalue weighted by Gasteiger charge is 2.28. The van der Waals surface area contributed by atoms with Gasteiger partial charge < -0.3 is 0 Å². The first-order chi connectivity index (χ1) is 7.86. The maximum Gasteiger partial charge on any atom is 0.279 e. The molecule has 0 aromatic rings. The maximum atomic E-state index is 11.9. The molecule has 98 valence electrons. The van der Waals surface area contributed by atoms with Crippen LogP contribution >= 0.6 is 0 Å². The average molecular weight is 260 g/mol. The summed E-state index contributed by atoms with van der Waals surface area (Å²) in [7, 11) is -3.36.